The molecule has 134 valence electrons. The Morgan fingerprint density at radius 3 is 2.48 bits per heavy atom. The molecule has 1 aliphatic heterocycles. The third-order valence-electron chi connectivity index (χ3n) is 4.51. The molecule has 1 unspecified atom stereocenters. The normalized spacial score (nSPS) is 16.8. The molecule has 0 bridgehead atoms. The smallest absolute Gasteiger partial charge is 0.290 e. The van der Waals surface area contributed by atoms with E-state index >= 15 is 0 Å². The fourth-order valence-corrected chi connectivity index (χ4v) is 3.93. The standard InChI is InChI=1S/C21H16N2O3S/c24-19(16-7-4-12-27-16)17-18(15-5-2-1-3-6-15)23(21(26)20(17)25)13-14-8-10-22-11-9-14/h1-12,18,25H,13H2. The Bertz CT molecular complexity index is 998. The van der Waals surface area contributed by atoms with Crippen molar-refractivity contribution in [2.24, 2.45) is 0 Å². The number of aromatic nitrogens is 1. The summed E-state index contributed by atoms with van der Waals surface area (Å²) in [5.41, 5.74) is 1.78. The molecule has 0 saturated heterocycles. The van der Waals surface area contributed by atoms with Crippen molar-refractivity contribution in [2.45, 2.75) is 12.6 Å². The van der Waals surface area contributed by atoms with Crippen LogP contribution in [-0.4, -0.2) is 26.7 Å². The maximum Gasteiger partial charge on any atom is 0.290 e. The highest BCUT2D eigenvalue weighted by atomic mass is 32.1. The van der Waals surface area contributed by atoms with Gasteiger partial charge in [0.25, 0.3) is 5.91 Å². The lowest BCUT2D eigenvalue weighted by molar-refractivity contribution is -0.130. The molecule has 0 fully saturated rings. The number of aliphatic hydroxyl groups excluding tert-OH is 1. The molecule has 0 aliphatic carbocycles. The number of Topliss-reactive ketones (excluding diaryl/α,β-unsaturated/α-hetero) is 1. The number of carbonyl (C=O) groups excluding carboxylic acids is 2. The van der Waals surface area contributed by atoms with Gasteiger partial charge in [0.05, 0.1) is 16.5 Å². The van der Waals surface area contributed by atoms with Crippen LogP contribution in [0.4, 0.5) is 0 Å². The molecular formula is C21H16N2O3S. The molecule has 1 aliphatic rings. The molecule has 5 nitrogen and oxygen atoms in total. The Morgan fingerprint density at radius 2 is 1.81 bits per heavy atom. The highest BCUT2D eigenvalue weighted by Gasteiger charge is 2.43. The number of pyridine rings is 1. The van der Waals surface area contributed by atoms with Crippen LogP contribution in [0.3, 0.4) is 0 Å². The van der Waals surface area contributed by atoms with E-state index in [9.17, 15) is 14.7 Å². The van der Waals surface area contributed by atoms with Gasteiger partial charge in [-0.2, -0.15) is 0 Å². The van der Waals surface area contributed by atoms with Crippen LogP contribution >= 0.6 is 11.3 Å². The SMILES string of the molecule is O=C(C1=C(O)C(=O)N(Cc2ccncc2)C1c1ccccc1)c1cccs1. The zero-order valence-corrected chi connectivity index (χ0v) is 15.1. The van der Waals surface area contributed by atoms with E-state index < -0.39 is 17.7 Å². The Balaban J connectivity index is 1.79. The molecular weight excluding hydrogens is 360 g/mol. The number of nitrogens with zero attached hydrogens (tertiary/aromatic N) is 2. The second-order valence-electron chi connectivity index (χ2n) is 6.17. The average molecular weight is 376 g/mol. The number of ketones is 1. The van der Waals surface area contributed by atoms with Crippen molar-refractivity contribution in [1.29, 1.82) is 0 Å². The van der Waals surface area contributed by atoms with Crippen molar-refractivity contribution in [3.63, 3.8) is 0 Å². The highest BCUT2D eigenvalue weighted by molar-refractivity contribution is 7.12. The predicted octanol–water partition coefficient (Wildman–Crippen LogP) is 3.92. The monoisotopic (exact) mass is 376 g/mol. The van der Waals surface area contributed by atoms with Gasteiger partial charge in [0.1, 0.15) is 0 Å². The van der Waals surface area contributed by atoms with Crippen LogP contribution in [0, 0.1) is 0 Å². The maximum absolute atomic E-state index is 13.0. The van der Waals surface area contributed by atoms with E-state index in [1.807, 2.05) is 42.5 Å². The van der Waals surface area contributed by atoms with E-state index in [1.165, 1.54) is 16.2 Å². The summed E-state index contributed by atoms with van der Waals surface area (Å²) < 4.78 is 0. The van der Waals surface area contributed by atoms with Crippen molar-refractivity contribution in [1.82, 2.24) is 9.88 Å². The minimum absolute atomic E-state index is 0.128. The van der Waals surface area contributed by atoms with Gasteiger partial charge in [0.15, 0.2) is 5.76 Å². The first-order valence-corrected chi connectivity index (χ1v) is 9.31. The molecule has 2 aromatic heterocycles. The van der Waals surface area contributed by atoms with Gasteiger partial charge in [0, 0.05) is 18.9 Å². The molecule has 0 spiro atoms. The van der Waals surface area contributed by atoms with E-state index in [0.717, 1.165) is 11.1 Å². The Kier molecular flexibility index (Phi) is 4.56. The molecule has 0 radical (unpaired) electrons. The Morgan fingerprint density at radius 1 is 1.07 bits per heavy atom. The van der Waals surface area contributed by atoms with Gasteiger partial charge in [-0.3, -0.25) is 14.6 Å². The Labute approximate surface area is 160 Å². The fraction of sp³-hybridized carbons (Fsp3) is 0.0952. The van der Waals surface area contributed by atoms with Crippen LogP contribution in [0.2, 0.25) is 0 Å². The van der Waals surface area contributed by atoms with E-state index in [1.54, 1.807) is 29.9 Å². The van der Waals surface area contributed by atoms with Crippen LogP contribution in [-0.2, 0) is 11.3 Å². The summed E-state index contributed by atoms with van der Waals surface area (Å²) in [5.74, 6) is -1.33. The third kappa shape index (κ3) is 3.15. The summed E-state index contributed by atoms with van der Waals surface area (Å²) in [6.07, 6.45) is 3.30. The summed E-state index contributed by atoms with van der Waals surface area (Å²) in [6, 6.07) is 15.8. The van der Waals surface area contributed by atoms with Gasteiger partial charge < -0.3 is 10.0 Å². The lowest BCUT2D eigenvalue weighted by atomic mass is 9.95. The van der Waals surface area contributed by atoms with Crippen molar-refractivity contribution >= 4 is 23.0 Å². The summed E-state index contributed by atoms with van der Waals surface area (Å²) in [7, 11) is 0. The average Bonchev–Trinajstić information content (AvgIpc) is 3.32. The minimum atomic E-state index is -0.638. The molecule has 1 atom stereocenters. The van der Waals surface area contributed by atoms with Crippen molar-refractivity contribution in [2.75, 3.05) is 0 Å². The lowest BCUT2D eigenvalue weighted by Crippen LogP contribution is -2.30. The number of thiophene rings is 1. The topological polar surface area (TPSA) is 70.5 Å². The van der Waals surface area contributed by atoms with Gasteiger partial charge >= 0.3 is 0 Å². The minimum Gasteiger partial charge on any atom is -0.503 e. The molecule has 1 amide bonds. The first kappa shape index (κ1) is 17.2. The summed E-state index contributed by atoms with van der Waals surface area (Å²) in [4.78, 5) is 31.9. The Hall–Kier alpha value is -3.25. The number of amides is 1. The zero-order chi connectivity index (χ0) is 18.8. The van der Waals surface area contributed by atoms with Crippen LogP contribution in [0.15, 0.2) is 83.7 Å². The van der Waals surface area contributed by atoms with Crippen molar-refractivity contribution < 1.29 is 14.7 Å². The van der Waals surface area contributed by atoms with Gasteiger partial charge in [-0.25, -0.2) is 0 Å². The van der Waals surface area contributed by atoms with E-state index in [-0.39, 0.29) is 17.9 Å². The molecule has 1 N–H and O–H groups in total. The number of carbonyl (C=O) groups is 2. The zero-order valence-electron chi connectivity index (χ0n) is 14.3. The van der Waals surface area contributed by atoms with Crippen LogP contribution in [0.1, 0.15) is 26.8 Å². The summed E-state index contributed by atoms with van der Waals surface area (Å²) in [6.45, 7) is 0.270. The molecule has 27 heavy (non-hydrogen) atoms. The van der Waals surface area contributed by atoms with Crippen molar-refractivity contribution in [3.8, 4) is 0 Å². The van der Waals surface area contributed by atoms with Crippen LogP contribution in [0.25, 0.3) is 0 Å². The first-order chi connectivity index (χ1) is 13.2. The van der Waals surface area contributed by atoms with E-state index in [2.05, 4.69) is 4.98 Å². The van der Waals surface area contributed by atoms with Gasteiger partial charge in [0.2, 0.25) is 5.78 Å². The molecule has 1 aromatic carbocycles. The maximum atomic E-state index is 13.0. The number of rotatable bonds is 5. The summed E-state index contributed by atoms with van der Waals surface area (Å²) >= 11 is 1.29. The molecule has 6 heteroatoms. The van der Waals surface area contributed by atoms with Gasteiger partial charge in [-0.15, -0.1) is 11.3 Å². The third-order valence-corrected chi connectivity index (χ3v) is 5.38. The number of hydrogen-bond donors (Lipinski definition) is 1. The largest absolute Gasteiger partial charge is 0.503 e. The second kappa shape index (κ2) is 7.17. The summed E-state index contributed by atoms with van der Waals surface area (Å²) in [5, 5.41) is 12.4. The number of aliphatic hydroxyl groups is 1. The first-order valence-electron chi connectivity index (χ1n) is 8.43. The van der Waals surface area contributed by atoms with E-state index in [4.69, 9.17) is 0 Å². The molecule has 3 heterocycles. The van der Waals surface area contributed by atoms with Crippen LogP contribution in [0.5, 0.6) is 0 Å². The second-order valence-corrected chi connectivity index (χ2v) is 7.12. The highest BCUT2D eigenvalue weighted by Crippen LogP contribution is 2.40. The lowest BCUT2D eigenvalue weighted by Gasteiger charge is -2.26. The molecule has 4 rings (SSSR count). The van der Waals surface area contributed by atoms with Crippen molar-refractivity contribution in [3.05, 3.63) is 99.7 Å². The van der Waals surface area contributed by atoms with Gasteiger partial charge in [-0.05, 0) is 34.7 Å². The van der Waals surface area contributed by atoms with E-state index in [0.29, 0.717) is 4.88 Å². The quantitative estimate of drug-likeness (QED) is 0.685. The predicted molar refractivity (Wildman–Crippen MR) is 102 cm³/mol. The van der Waals surface area contributed by atoms with Crippen LogP contribution < -0.4 is 0 Å². The molecule has 0 saturated carbocycles. The fourth-order valence-electron chi connectivity index (χ4n) is 3.26. The number of hydrogen-bond acceptors (Lipinski definition) is 5. The van der Waals surface area contributed by atoms with Gasteiger partial charge in [-0.1, -0.05) is 36.4 Å². The molecule has 3 aromatic rings. The number of benzene rings is 1.